The maximum absolute atomic E-state index is 13.2. The van der Waals surface area contributed by atoms with Crippen molar-refractivity contribution in [3.05, 3.63) is 71.8 Å². The molecule has 1 saturated carbocycles. The molecule has 168 valence electrons. The van der Waals surface area contributed by atoms with Crippen molar-refractivity contribution in [2.24, 2.45) is 17.3 Å². The zero-order chi connectivity index (χ0) is 22.7. The molecule has 7 heteroatoms. The lowest BCUT2D eigenvalue weighted by atomic mass is 9.77. The van der Waals surface area contributed by atoms with Crippen LogP contribution in [0.4, 0.5) is 4.79 Å². The first-order chi connectivity index (χ1) is 15.4. The second kappa shape index (κ2) is 9.02. The van der Waals surface area contributed by atoms with E-state index < -0.39 is 35.4 Å². The number of hydrogen-bond acceptors (Lipinski definition) is 5. The number of nitrogens with zero attached hydrogens (tertiary/aromatic N) is 1. The van der Waals surface area contributed by atoms with E-state index in [1.54, 1.807) is 0 Å². The summed E-state index contributed by atoms with van der Waals surface area (Å²) in [7, 11) is 0. The quantitative estimate of drug-likeness (QED) is 0.661. The Morgan fingerprint density at radius 2 is 1.47 bits per heavy atom. The predicted octanol–water partition coefficient (Wildman–Crippen LogP) is 3.87. The summed E-state index contributed by atoms with van der Waals surface area (Å²) >= 11 is 0. The fourth-order valence-electron chi connectivity index (χ4n) is 4.79. The van der Waals surface area contributed by atoms with Crippen molar-refractivity contribution < 1.29 is 29.0 Å². The molecule has 2 fully saturated rings. The predicted molar refractivity (Wildman–Crippen MR) is 115 cm³/mol. The standard InChI is InChI=1S/C25H27NO6/c1-17-14-26(24(30)32-16-19-10-6-3-7-11-19)21(20(17)25(12-13-25)23(28)29)22(27)31-15-18-8-4-2-5-9-18/h2-11,17,20-21H,12-16H2,1H3,(H,28,29)/t17-,20+,21?/m0/s1. The number of esters is 1. The molecule has 1 saturated heterocycles. The Labute approximate surface area is 186 Å². The van der Waals surface area contributed by atoms with E-state index in [-0.39, 0.29) is 25.7 Å². The Hall–Kier alpha value is -3.35. The summed E-state index contributed by atoms with van der Waals surface area (Å²) in [5, 5.41) is 9.88. The zero-order valence-corrected chi connectivity index (χ0v) is 18.0. The highest BCUT2D eigenvalue weighted by atomic mass is 16.6. The second-order valence-corrected chi connectivity index (χ2v) is 8.70. The third kappa shape index (κ3) is 4.33. The van der Waals surface area contributed by atoms with Gasteiger partial charge in [-0.15, -0.1) is 0 Å². The Morgan fingerprint density at radius 1 is 0.938 bits per heavy atom. The molecule has 0 aromatic heterocycles. The number of carboxylic acids is 1. The van der Waals surface area contributed by atoms with Gasteiger partial charge in [0.1, 0.15) is 19.3 Å². The average molecular weight is 437 g/mol. The van der Waals surface area contributed by atoms with Crippen LogP contribution >= 0.6 is 0 Å². The lowest BCUT2D eigenvalue weighted by molar-refractivity contribution is -0.155. The van der Waals surface area contributed by atoms with Gasteiger partial charge in [-0.1, -0.05) is 67.6 Å². The summed E-state index contributed by atoms with van der Waals surface area (Å²) in [5.41, 5.74) is 0.655. The number of rotatable bonds is 7. The van der Waals surface area contributed by atoms with Crippen LogP contribution < -0.4 is 0 Å². The Kier molecular flexibility index (Phi) is 6.17. The molecule has 1 unspecified atom stereocenters. The van der Waals surface area contributed by atoms with Gasteiger partial charge in [-0.05, 0) is 29.9 Å². The van der Waals surface area contributed by atoms with E-state index in [0.29, 0.717) is 12.8 Å². The van der Waals surface area contributed by atoms with E-state index in [1.807, 2.05) is 67.6 Å². The monoisotopic (exact) mass is 437 g/mol. The average Bonchev–Trinajstić information content (AvgIpc) is 3.54. The van der Waals surface area contributed by atoms with Crippen LogP contribution in [-0.4, -0.2) is 40.6 Å². The molecule has 32 heavy (non-hydrogen) atoms. The summed E-state index contributed by atoms with van der Waals surface area (Å²) in [4.78, 5) is 39.6. The van der Waals surface area contributed by atoms with Gasteiger partial charge in [0, 0.05) is 12.5 Å². The summed E-state index contributed by atoms with van der Waals surface area (Å²) in [5.74, 6) is -2.21. The summed E-state index contributed by atoms with van der Waals surface area (Å²) in [6.45, 7) is 2.27. The zero-order valence-electron chi connectivity index (χ0n) is 18.0. The van der Waals surface area contributed by atoms with Crippen molar-refractivity contribution in [3.8, 4) is 0 Å². The highest BCUT2D eigenvalue weighted by Gasteiger charge is 2.65. The van der Waals surface area contributed by atoms with Gasteiger partial charge in [0.2, 0.25) is 0 Å². The topological polar surface area (TPSA) is 93.1 Å². The number of likely N-dealkylation sites (tertiary alicyclic amines) is 1. The van der Waals surface area contributed by atoms with Crippen LogP contribution in [0, 0.1) is 17.3 Å². The maximum atomic E-state index is 13.2. The molecule has 2 aromatic carbocycles. The van der Waals surface area contributed by atoms with Crippen molar-refractivity contribution >= 4 is 18.0 Å². The molecule has 1 heterocycles. The van der Waals surface area contributed by atoms with Crippen LogP contribution in [0.3, 0.4) is 0 Å². The van der Waals surface area contributed by atoms with E-state index in [9.17, 15) is 19.5 Å². The number of carbonyl (C=O) groups excluding carboxylic acids is 2. The molecule has 1 amide bonds. The maximum Gasteiger partial charge on any atom is 0.410 e. The van der Waals surface area contributed by atoms with E-state index in [1.165, 1.54) is 4.90 Å². The second-order valence-electron chi connectivity index (χ2n) is 8.70. The number of ether oxygens (including phenoxy) is 2. The van der Waals surface area contributed by atoms with Gasteiger partial charge in [-0.3, -0.25) is 9.69 Å². The van der Waals surface area contributed by atoms with E-state index in [2.05, 4.69) is 0 Å². The lowest BCUT2D eigenvalue weighted by Crippen LogP contribution is -2.47. The molecular weight excluding hydrogens is 410 g/mol. The molecule has 3 atom stereocenters. The lowest BCUT2D eigenvalue weighted by Gasteiger charge is -2.29. The Bertz CT molecular complexity index is 972. The molecule has 0 spiro atoms. The van der Waals surface area contributed by atoms with Crippen LogP contribution in [-0.2, 0) is 32.3 Å². The largest absolute Gasteiger partial charge is 0.481 e. The molecule has 7 nitrogen and oxygen atoms in total. The number of hydrogen-bond donors (Lipinski definition) is 1. The first kappa shape index (κ1) is 21.9. The van der Waals surface area contributed by atoms with Gasteiger partial charge in [0.05, 0.1) is 5.41 Å². The minimum Gasteiger partial charge on any atom is -0.481 e. The van der Waals surface area contributed by atoms with Gasteiger partial charge >= 0.3 is 18.0 Å². The fraction of sp³-hybridized carbons (Fsp3) is 0.400. The molecule has 1 aliphatic carbocycles. The van der Waals surface area contributed by atoms with Crippen LogP contribution in [0.2, 0.25) is 0 Å². The minimum absolute atomic E-state index is 0.0598. The smallest absolute Gasteiger partial charge is 0.410 e. The fourth-order valence-corrected chi connectivity index (χ4v) is 4.79. The van der Waals surface area contributed by atoms with Gasteiger partial charge in [-0.2, -0.15) is 0 Å². The van der Waals surface area contributed by atoms with Crippen molar-refractivity contribution in [3.63, 3.8) is 0 Å². The number of carboxylic acid groups (broad SMARTS) is 1. The molecule has 2 aromatic rings. The molecular formula is C25H27NO6. The van der Waals surface area contributed by atoms with Crippen molar-refractivity contribution in [2.75, 3.05) is 6.54 Å². The number of carbonyl (C=O) groups is 3. The van der Waals surface area contributed by atoms with Gasteiger partial charge < -0.3 is 14.6 Å². The molecule has 1 N–H and O–H groups in total. The Morgan fingerprint density at radius 3 is 1.97 bits per heavy atom. The van der Waals surface area contributed by atoms with E-state index in [0.717, 1.165) is 11.1 Å². The van der Waals surface area contributed by atoms with Crippen LogP contribution in [0.1, 0.15) is 30.9 Å². The summed E-state index contributed by atoms with van der Waals surface area (Å²) in [6, 6.07) is 17.5. The van der Waals surface area contributed by atoms with E-state index >= 15 is 0 Å². The van der Waals surface area contributed by atoms with Crippen molar-refractivity contribution in [2.45, 2.75) is 39.0 Å². The highest BCUT2D eigenvalue weighted by molar-refractivity contribution is 5.86. The van der Waals surface area contributed by atoms with Crippen LogP contribution in [0.5, 0.6) is 0 Å². The van der Waals surface area contributed by atoms with Gasteiger partial charge in [0.25, 0.3) is 0 Å². The molecule has 1 aliphatic heterocycles. The van der Waals surface area contributed by atoms with Gasteiger partial charge in [-0.25, -0.2) is 9.59 Å². The Balaban J connectivity index is 1.53. The normalized spacial score (nSPS) is 23.4. The molecule has 0 bridgehead atoms. The number of benzene rings is 2. The van der Waals surface area contributed by atoms with Crippen LogP contribution in [0.15, 0.2) is 60.7 Å². The third-order valence-electron chi connectivity index (χ3n) is 6.53. The highest BCUT2D eigenvalue weighted by Crippen LogP contribution is 2.58. The third-order valence-corrected chi connectivity index (χ3v) is 6.53. The first-order valence-electron chi connectivity index (χ1n) is 10.8. The van der Waals surface area contributed by atoms with Gasteiger partial charge in [0.15, 0.2) is 0 Å². The van der Waals surface area contributed by atoms with E-state index in [4.69, 9.17) is 9.47 Å². The molecule has 4 rings (SSSR count). The molecule has 0 radical (unpaired) electrons. The van der Waals surface area contributed by atoms with Crippen LogP contribution in [0.25, 0.3) is 0 Å². The first-order valence-corrected chi connectivity index (χ1v) is 10.8. The summed E-state index contributed by atoms with van der Waals surface area (Å²) < 4.78 is 11.0. The summed E-state index contributed by atoms with van der Waals surface area (Å²) in [6.07, 6.45) is 0.352. The number of aliphatic carboxylic acids is 1. The SMILES string of the molecule is C[C@H]1CN(C(=O)OCc2ccccc2)C(C(=O)OCc2ccccc2)[C@@H]1C1(C(=O)O)CC1. The van der Waals surface area contributed by atoms with Crippen molar-refractivity contribution in [1.82, 2.24) is 4.90 Å². The minimum atomic E-state index is -0.996. The molecule has 2 aliphatic rings. The van der Waals surface area contributed by atoms with Crippen molar-refractivity contribution in [1.29, 1.82) is 0 Å². The number of amides is 1.